The second kappa shape index (κ2) is 3.07. The van der Waals surface area contributed by atoms with Gasteiger partial charge in [0.25, 0.3) is 0 Å². The lowest BCUT2D eigenvalue weighted by molar-refractivity contribution is 0.688. The molecule has 0 aliphatic carbocycles. The van der Waals surface area contributed by atoms with Gasteiger partial charge in [0.15, 0.2) is 0 Å². The Morgan fingerprint density at radius 3 is 2.70 bits per heavy atom. The van der Waals surface area contributed by atoms with Crippen LogP contribution >= 0.6 is 12.2 Å². The van der Waals surface area contributed by atoms with E-state index in [-0.39, 0.29) is 5.25 Å². The van der Waals surface area contributed by atoms with E-state index < -0.39 is 10.8 Å². The van der Waals surface area contributed by atoms with Crippen molar-refractivity contribution >= 4 is 28.0 Å². The average molecular weight is 173 g/mol. The van der Waals surface area contributed by atoms with Crippen molar-refractivity contribution in [3.05, 3.63) is 23.6 Å². The summed E-state index contributed by atoms with van der Waals surface area (Å²) in [5, 5.41) is 1.32. The highest BCUT2D eigenvalue weighted by atomic mass is 32.2. The lowest BCUT2D eigenvalue weighted by atomic mass is 10.3. The van der Waals surface area contributed by atoms with E-state index >= 15 is 0 Å². The van der Waals surface area contributed by atoms with Crippen LogP contribution in [0.2, 0.25) is 0 Å². The van der Waals surface area contributed by atoms with E-state index in [1.54, 1.807) is 23.6 Å². The van der Waals surface area contributed by atoms with E-state index in [9.17, 15) is 4.21 Å². The second-order valence-electron chi connectivity index (χ2n) is 1.86. The van der Waals surface area contributed by atoms with E-state index in [0.717, 1.165) is 0 Å². The van der Waals surface area contributed by atoms with Crippen molar-refractivity contribution in [2.75, 3.05) is 0 Å². The molecule has 0 aromatic rings. The van der Waals surface area contributed by atoms with Gasteiger partial charge < -0.3 is 5.73 Å². The van der Waals surface area contributed by atoms with Crippen molar-refractivity contribution in [2.45, 2.75) is 5.25 Å². The van der Waals surface area contributed by atoms with Crippen LogP contribution in [0, 0.1) is 0 Å². The fourth-order valence-electron chi connectivity index (χ4n) is 0.659. The molecular formula is C6H7NOS2. The molecule has 0 radical (unpaired) electrons. The molecule has 0 spiro atoms. The molecule has 10 heavy (non-hydrogen) atoms. The summed E-state index contributed by atoms with van der Waals surface area (Å²) in [6.45, 7) is 0. The third-order valence-electron chi connectivity index (χ3n) is 1.14. The van der Waals surface area contributed by atoms with Gasteiger partial charge in [0.1, 0.15) is 5.25 Å². The van der Waals surface area contributed by atoms with Crippen LogP contribution in [0.25, 0.3) is 0 Å². The molecule has 1 aliphatic heterocycles. The van der Waals surface area contributed by atoms with Gasteiger partial charge in [-0.1, -0.05) is 30.4 Å². The first kappa shape index (κ1) is 7.63. The van der Waals surface area contributed by atoms with Crippen LogP contribution in [0.15, 0.2) is 23.6 Å². The summed E-state index contributed by atoms with van der Waals surface area (Å²) in [4.78, 5) is 0.291. The molecule has 0 aromatic carbocycles. The average Bonchev–Trinajstić information content (AvgIpc) is 1.88. The van der Waals surface area contributed by atoms with Crippen LogP contribution < -0.4 is 5.73 Å². The predicted molar refractivity (Wildman–Crippen MR) is 47.0 cm³/mol. The third-order valence-corrected chi connectivity index (χ3v) is 2.88. The largest absolute Gasteiger partial charge is 0.392 e. The molecule has 4 heteroatoms. The van der Waals surface area contributed by atoms with E-state index in [1.165, 1.54) is 0 Å². The zero-order valence-corrected chi connectivity index (χ0v) is 6.82. The molecule has 1 heterocycles. The van der Waals surface area contributed by atoms with E-state index in [4.69, 9.17) is 18.0 Å². The smallest absolute Gasteiger partial charge is 0.107 e. The highest BCUT2D eigenvalue weighted by molar-refractivity contribution is 7.92. The molecule has 2 atom stereocenters. The molecule has 1 aliphatic rings. The van der Waals surface area contributed by atoms with Crippen LogP contribution in [0.1, 0.15) is 0 Å². The molecular weight excluding hydrogens is 166 g/mol. The summed E-state index contributed by atoms with van der Waals surface area (Å²) in [5.41, 5.74) is 5.31. The van der Waals surface area contributed by atoms with E-state index in [1.807, 2.05) is 0 Å². The molecule has 2 unspecified atom stereocenters. The Labute approximate surface area is 67.3 Å². The standard InChI is InChI=1S/C6H7NOS2/c7-6(9)5-3-1-2-4-10(5)8/h1-5H,(H2,7,9). The summed E-state index contributed by atoms with van der Waals surface area (Å²) >= 11 is 4.69. The summed E-state index contributed by atoms with van der Waals surface area (Å²) in [6.07, 6.45) is 5.27. The molecule has 2 nitrogen and oxygen atoms in total. The molecule has 0 bridgehead atoms. The number of thiocarbonyl (C=S) groups is 1. The van der Waals surface area contributed by atoms with Crippen LogP contribution in [0.3, 0.4) is 0 Å². The Bertz CT molecular complexity index is 232. The summed E-state index contributed by atoms with van der Waals surface area (Å²) in [5.74, 6) is 0. The summed E-state index contributed by atoms with van der Waals surface area (Å²) in [7, 11) is -1.04. The minimum atomic E-state index is -1.04. The quantitative estimate of drug-likeness (QED) is 0.586. The lowest BCUT2D eigenvalue weighted by Gasteiger charge is -2.09. The second-order valence-corrected chi connectivity index (χ2v) is 3.77. The summed E-state index contributed by atoms with van der Waals surface area (Å²) < 4.78 is 11.0. The van der Waals surface area contributed by atoms with Gasteiger partial charge in [0, 0.05) is 5.41 Å². The van der Waals surface area contributed by atoms with Crippen molar-refractivity contribution in [3.8, 4) is 0 Å². The lowest BCUT2D eigenvalue weighted by Crippen LogP contribution is -2.28. The van der Waals surface area contributed by atoms with Gasteiger partial charge >= 0.3 is 0 Å². The van der Waals surface area contributed by atoms with Crippen LogP contribution in [-0.4, -0.2) is 14.4 Å². The van der Waals surface area contributed by atoms with Crippen LogP contribution in [0.5, 0.6) is 0 Å². The molecule has 1 rings (SSSR count). The van der Waals surface area contributed by atoms with Gasteiger partial charge in [0.2, 0.25) is 0 Å². The van der Waals surface area contributed by atoms with Crippen LogP contribution in [-0.2, 0) is 10.8 Å². The number of hydrogen-bond donors (Lipinski definition) is 1. The molecule has 0 aromatic heterocycles. The van der Waals surface area contributed by atoms with Crippen LogP contribution in [0.4, 0.5) is 0 Å². The Hall–Kier alpha value is -0.480. The van der Waals surface area contributed by atoms with Crippen molar-refractivity contribution in [1.82, 2.24) is 0 Å². The molecule has 54 valence electrons. The fraction of sp³-hybridized carbons (Fsp3) is 0.167. The Morgan fingerprint density at radius 2 is 2.30 bits per heavy atom. The Kier molecular flexibility index (Phi) is 2.34. The van der Waals surface area contributed by atoms with Crippen molar-refractivity contribution in [3.63, 3.8) is 0 Å². The summed E-state index contributed by atoms with van der Waals surface area (Å²) in [6, 6.07) is 0. The van der Waals surface area contributed by atoms with Gasteiger partial charge in [-0.15, -0.1) is 0 Å². The minimum Gasteiger partial charge on any atom is -0.392 e. The van der Waals surface area contributed by atoms with E-state index in [0.29, 0.717) is 4.99 Å². The highest BCUT2D eigenvalue weighted by Gasteiger charge is 2.15. The molecule has 2 N–H and O–H groups in total. The monoisotopic (exact) mass is 173 g/mol. The molecule has 0 amide bonds. The zero-order valence-electron chi connectivity index (χ0n) is 5.19. The van der Waals surface area contributed by atoms with Gasteiger partial charge in [0.05, 0.1) is 15.8 Å². The normalized spacial score (nSPS) is 30.4. The van der Waals surface area contributed by atoms with Gasteiger partial charge in [-0.2, -0.15) is 0 Å². The SMILES string of the molecule is NC(=S)C1C=CC=CS1=O. The van der Waals surface area contributed by atoms with Crippen molar-refractivity contribution in [1.29, 1.82) is 0 Å². The third kappa shape index (κ3) is 1.52. The van der Waals surface area contributed by atoms with Gasteiger partial charge in [-0.3, -0.25) is 4.21 Å². The Balaban J connectivity index is 2.80. The number of rotatable bonds is 1. The maximum Gasteiger partial charge on any atom is 0.107 e. The fourth-order valence-corrected chi connectivity index (χ4v) is 1.91. The number of hydrogen-bond acceptors (Lipinski definition) is 2. The first-order valence-corrected chi connectivity index (χ1v) is 4.44. The highest BCUT2D eigenvalue weighted by Crippen LogP contribution is 2.06. The van der Waals surface area contributed by atoms with E-state index in [2.05, 4.69) is 0 Å². The number of nitrogens with two attached hydrogens (primary N) is 1. The van der Waals surface area contributed by atoms with Gasteiger partial charge in [-0.25, -0.2) is 0 Å². The first-order valence-electron chi connectivity index (χ1n) is 2.75. The molecule has 0 fully saturated rings. The molecule has 0 saturated heterocycles. The minimum absolute atomic E-state index is 0.264. The van der Waals surface area contributed by atoms with Crippen molar-refractivity contribution in [2.24, 2.45) is 5.73 Å². The Morgan fingerprint density at radius 1 is 1.60 bits per heavy atom. The topological polar surface area (TPSA) is 43.1 Å². The maximum atomic E-state index is 11.0. The number of allylic oxidation sites excluding steroid dienone is 2. The zero-order chi connectivity index (χ0) is 7.56. The first-order chi connectivity index (χ1) is 4.72. The predicted octanol–water partition coefficient (Wildman–Crippen LogP) is 0.473. The molecule has 0 saturated carbocycles. The maximum absolute atomic E-state index is 11.0. The van der Waals surface area contributed by atoms with Gasteiger partial charge in [-0.05, 0) is 0 Å². The van der Waals surface area contributed by atoms with Crippen molar-refractivity contribution < 1.29 is 4.21 Å².